The van der Waals surface area contributed by atoms with Crippen LogP contribution in [0.15, 0.2) is 65.6 Å². The van der Waals surface area contributed by atoms with Gasteiger partial charge >= 0.3 is 0 Å². The van der Waals surface area contributed by atoms with Gasteiger partial charge in [0, 0.05) is 5.69 Å². The Labute approximate surface area is 228 Å². The Morgan fingerprint density at radius 3 is 2.63 bits per heavy atom. The topological polar surface area (TPSA) is 84.9 Å². The Morgan fingerprint density at radius 1 is 1.08 bits per heavy atom. The van der Waals surface area contributed by atoms with E-state index in [1.54, 1.807) is 24.3 Å². The molecule has 0 spiro atoms. The van der Waals surface area contributed by atoms with Gasteiger partial charge in [0.25, 0.3) is 11.1 Å². The molecule has 196 valence electrons. The molecular weight excluding hydrogens is 531 g/mol. The number of benzene rings is 3. The monoisotopic (exact) mass is 554 g/mol. The predicted octanol–water partition coefficient (Wildman–Crippen LogP) is 6.44. The van der Waals surface area contributed by atoms with Crippen molar-refractivity contribution in [2.45, 2.75) is 20.5 Å². The number of imide groups is 1. The summed E-state index contributed by atoms with van der Waals surface area (Å²) in [5, 5.41) is 1.77. The first-order chi connectivity index (χ1) is 18.2. The lowest BCUT2D eigenvalue weighted by atomic mass is 10.1. The number of anilines is 1. The predicted molar refractivity (Wildman–Crippen MR) is 146 cm³/mol. The zero-order valence-corrected chi connectivity index (χ0v) is 22.2. The average Bonchev–Trinajstić information content (AvgIpc) is 3.13. The smallest absolute Gasteiger partial charge is 0.294 e. The molecule has 0 bridgehead atoms. The van der Waals surface area contributed by atoms with E-state index >= 15 is 0 Å². The first kappa shape index (κ1) is 27.2. The van der Waals surface area contributed by atoms with E-state index in [9.17, 15) is 18.8 Å². The number of aryl methyl sites for hydroxylation is 1. The van der Waals surface area contributed by atoms with E-state index in [-0.39, 0.29) is 15.6 Å². The summed E-state index contributed by atoms with van der Waals surface area (Å²) in [6.45, 7) is 4.15. The van der Waals surface area contributed by atoms with Crippen LogP contribution in [0.5, 0.6) is 11.5 Å². The van der Waals surface area contributed by atoms with Crippen LogP contribution in [0, 0.1) is 12.7 Å². The van der Waals surface area contributed by atoms with Gasteiger partial charge in [-0.15, -0.1) is 0 Å². The highest BCUT2D eigenvalue weighted by Gasteiger charge is 2.36. The number of rotatable bonds is 9. The van der Waals surface area contributed by atoms with Crippen LogP contribution in [0.3, 0.4) is 0 Å². The molecule has 1 saturated heterocycles. The lowest BCUT2D eigenvalue weighted by Gasteiger charge is -2.13. The van der Waals surface area contributed by atoms with Crippen LogP contribution in [0.25, 0.3) is 6.08 Å². The third-order valence-corrected chi connectivity index (χ3v) is 6.62. The Hall–Kier alpha value is -3.82. The van der Waals surface area contributed by atoms with E-state index in [1.165, 1.54) is 12.1 Å². The molecule has 1 aliphatic heterocycles. The van der Waals surface area contributed by atoms with Gasteiger partial charge in [-0.2, -0.15) is 0 Å². The minimum absolute atomic E-state index is 0.157. The second-order valence-electron chi connectivity index (χ2n) is 8.36. The molecule has 0 aromatic heterocycles. The van der Waals surface area contributed by atoms with Gasteiger partial charge in [-0.1, -0.05) is 47.5 Å². The fourth-order valence-corrected chi connectivity index (χ4v) is 4.69. The molecule has 0 radical (unpaired) electrons. The summed E-state index contributed by atoms with van der Waals surface area (Å²) >= 11 is 6.47. The second kappa shape index (κ2) is 12.1. The molecular formula is C28H24ClFN2O5S. The summed E-state index contributed by atoms with van der Waals surface area (Å²) < 4.78 is 25.0. The molecule has 7 nitrogen and oxygen atoms in total. The number of ether oxygens (including phenoxy) is 2. The highest BCUT2D eigenvalue weighted by Crippen LogP contribution is 2.35. The molecule has 3 aromatic rings. The number of nitrogens with one attached hydrogen (secondary N) is 1. The van der Waals surface area contributed by atoms with Crippen molar-refractivity contribution < 1.29 is 28.2 Å². The summed E-state index contributed by atoms with van der Waals surface area (Å²) in [6.07, 6.45) is 1.56. The largest absolute Gasteiger partial charge is 0.490 e. The molecule has 0 unspecified atom stereocenters. The maximum absolute atomic E-state index is 13.3. The number of amides is 3. The van der Waals surface area contributed by atoms with Crippen molar-refractivity contribution in [3.05, 3.63) is 93.1 Å². The SMILES string of the molecule is CCOc1cc(/C=C2\SC(=O)N(CC(=O)Nc3ccc(F)c(Cl)c3)C2=O)ccc1OCc1cccc(C)c1. The molecule has 4 rings (SSSR count). The van der Waals surface area contributed by atoms with Crippen molar-refractivity contribution in [1.82, 2.24) is 4.90 Å². The van der Waals surface area contributed by atoms with Crippen molar-refractivity contribution in [1.29, 1.82) is 0 Å². The Morgan fingerprint density at radius 2 is 1.89 bits per heavy atom. The Balaban J connectivity index is 1.44. The minimum atomic E-state index is -0.626. The molecule has 38 heavy (non-hydrogen) atoms. The van der Waals surface area contributed by atoms with Crippen LogP contribution in [0.2, 0.25) is 5.02 Å². The molecule has 3 amide bonds. The summed E-state index contributed by atoms with van der Waals surface area (Å²) in [5.41, 5.74) is 3.04. The van der Waals surface area contributed by atoms with Crippen molar-refractivity contribution in [2.75, 3.05) is 18.5 Å². The van der Waals surface area contributed by atoms with Crippen LogP contribution in [0.1, 0.15) is 23.6 Å². The van der Waals surface area contributed by atoms with Gasteiger partial charge in [0.05, 0.1) is 16.5 Å². The molecule has 1 N–H and O–H groups in total. The fourth-order valence-electron chi connectivity index (χ4n) is 3.67. The number of nitrogens with zero attached hydrogens (tertiary/aromatic N) is 1. The highest BCUT2D eigenvalue weighted by molar-refractivity contribution is 8.18. The van der Waals surface area contributed by atoms with E-state index in [1.807, 2.05) is 38.1 Å². The van der Waals surface area contributed by atoms with Crippen LogP contribution >= 0.6 is 23.4 Å². The van der Waals surface area contributed by atoms with E-state index in [0.29, 0.717) is 30.3 Å². The number of hydrogen-bond acceptors (Lipinski definition) is 6. The summed E-state index contributed by atoms with van der Waals surface area (Å²) in [5.74, 6) is -0.782. The number of carbonyl (C=O) groups excluding carboxylic acids is 3. The van der Waals surface area contributed by atoms with Gasteiger partial charge in [0.2, 0.25) is 5.91 Å². The van der Waals surface area contributed by atoms with E-state index in [0.717, 1.165) is 33.9 Å². The maximum atomic E-state index is 13.3. The van der Waals surface area contributed by atoms with Crippen LogP contribution in [0.4, 0.5) is 14.9 Å². The van der Waals surface area contributed by atoms with Gasteiger partial charge in [-0.25, -0.2) is 4.39 Å². The molecule has 1 heterocycles. The zero-order chi connectivity index (χ0) is 27.2. The molecule has 0 aliphatic carbocycles. The standard InChI is InChI=1S/C28H24ClFN2O5S/c1-3-36-24-12-18(7-10-23(24)37-16-19-6-4-5-17(2)11-19)13-25-27(34)32(28(35)38-25)15-26(33)31-20-8-9-22(30)21(29)14-20/h4-14H,3,15-16H2,1-2H3,(H,31,33)/b25-13-. The van der Waals surface area contributed by atoms with Crippen molar-refractivity contribution in [3.63, 3.8) is 0 Å². The fraction of sp³-hybridized carbons (Fsp3) is 0.179. The van der Waals surface area contributed by atoms with Gasteiger partial charge in [-0.3, -0.25) is 19.3 Å². The number of thioether (sulfide) groups is 1. The molecule has 0 atom stereocenters. The Bertz CT molecular complexity index is 1430. The first-order valence-corrected chi connectivity index (χ1v) is 12.9. The molecule has 1 aliphatic rings. The van der Waals surface area contributed by atoms with E-state index in [2.05, 4.69) is 5.32 Å². The average molecular weight is 555 g/mol. The van der Waals surface area contributed by atoms with Crippen molar-refractivity contribution in [2.24, 2.45) is 0 Å². The maximum Gasteiger partial charge on any atom is 0.294 e. The number of halogens is 2. The van der Waals surface area contributed by atoms with Gasteiger partial charge in [0.1, 0.15) is 19.0 Å². The first-order valence-electron chi connectivity index (χ1n) is 11.7. The van der Waals surface area contributed by atoms with Crippen molar-refractivity contribution in [3.8, 4) is 11.5 Å². The number of hydrogen-bond donors (Lipinski definition) is 1. The molecule has 0 saturated carbocycles. The second-order valence-corrected chi connectivity index (χ2v) is 9.76. The normalized spacial score (nSPS) is 14.2. The van der Waals surface area contributed by atoms with Gasteiger partial charge < -0.3 is 14.8 Å². The number of carbonyl (C=O) groups is 3. The van der Waals surface area contributed by atoms with Crippen LogP contribution in [-0.2, 0) is 16.2 Å². The molecule has 10 heteroatoms. The Kier molecular flexibility index (Phi) is 8.70. The van der Waals surface area contributed by atoms with E-state index in [4.69, 9.17) is 21.1 Å². The van der Waals surface area contributed by atoms with E-state index < -0.39 is 29.4 Å². The molecule has 3 aromatic carbocycles. The van der Waals surface area contributed by atoms with Crippen LogP contribution in [-0.4, -0.2) is 35.1 Å². The lowest BCUT2D eigenvalue weighted by molar-refractivity contribution is -0.127. The van der Waals surface area contributed by atoms with Crippen LogP contribution < -0.4 is 14.8 Å². The summed E-state index contributed by atoms with van der Waals surface area (Å²) in [7, 11) is 0. The summed E-state index contributed by atoms with van der Waals surface area (Å²) in [4.78, 5) is 38.8. The van der Waals surface area contributed by atoms with Gasteiger partial charge in [-0.05, 0) is 73.1 Å². The van der Waals surface area contributed by atoms with Gasteiger partial charge in [0.15, 0.2) is 11.5 Å². The minimum Gasteiger partial charge on any atom is -0.490 e. The van der Waals surface area contributed by atoms with Crippen molar-refractivity contribution >= 4 is 52.2 Å². The zero-order valence-electron chi connectivity index (χ0n) is 20.6. The third kappa shape index (κ3) is 6.73. The highest BCUT2D eigenvalue weighted by atomic mass is 35.5. The summed E-state index contributed by atoms with van der Waals surface area (Å²) in [6, 6.07) is 16.9. The third-order valence-electron chi connectivity index (χ3n) is 5.42. The lowest BCUT2D eigenvalue weighted by Crippen LogP contribution is -2.36. The quantitative estimate of drug-likeness (QED) is 0.306. The molecule has 1 fully saturated rings.